The number of rotatable bonds is 14. The second-order valence-corrected chi connectivity index (χ2v) is 18.4. The van der Waals surface area contributed by atoms with Crippen molar-refractivity contribution in [3.05, 3.63) is 91.5 Å². The number of methoxy groups -OCH3 is 2. The number of pyridine rings is 1. The van der Waals surface area contributed by atoms with E-state index >= 15 is 0 Å². The fourth-order valence-corrected chi connectivity index (χ4v) is 8.77. The average molecular weight is 840 g/mol. The van der Waals surface area contributed by atoms with E-state index < -0.39 is 74.2 Å². The molecule has 60 heavy (non-hydrogen) atoms. The highest BCUT2D eigenvalue weighted by molar-refractivity contribution is 7.91. The number of nitrogens with one attached hydrogen (secondary N) is 3. The van der Waals surface area contributed by atoms with Gasteiger partial charge in [0.05, 0.1) is 37.2 Å². The highest BCUT2D eigenvalue weighted by Crippen LogP contribution is 2.46. The maximum atomic E-state index is 14.8. The number of hydrogen-bond acceptors (Lipinski definition) is 11. The minimum atomic E-state index is -3.94. The van der Waals surface area contributed by atoms with Gasteiger partial charge in [-0.15, -0.1) is 6.58 Å². The number of ether oxygens (including phenoxy) is 4. The van der Waals surface area contributed by atoms with Gasteiger partial charge in [-0.25, -0.2) is 18.2 Å². The van der Waals surface area contributed by atoms with Crippen molar-refractivity contribution in [2.45, 2.75) is 75.5 Å². The van der Waals surface area contributed by atoms with E-state index in [-0.39, 0.29) is 19.4 Å². The average Bonchev–Trinajstić information content (AvgIpc) is 4.16. The van der Waals surface area contributed by atoms with Crippen molar-refractivity contribution in [1.82, 2.24) is 19.9 Å². The van der Waals surface area contributed by atoms with E-state index in [1.165, 1.54) is 18.1 Å². The summed E-state index contributed by atoms with van der Waals surface area (Å²) < 4.78 is 51.0. The van der Waals surface area contributed by atoms with Crippen molar-refractivity contribution < 1.29 is 46.5 Å². The monoisotopic (exact) mass is 839 g/mol. The van der Waals surface area contributed by atoms with Crippen molar-refractivity contribution in [2.24, 2.45) is 11.3 Å². The lowest BCUT2D eigenvalue weighted by Gasteiger charge is -2.34. The van der Waals surface area contributed by atoms with Gasteiger partial charge in [-0.3, -0.25) is 24.4 Å². The number of anilines is 1. The first-order valence-electron chi connectivity index (χ1n) is 19.7. The Morgan fingerprint density at radius 2 is 1.63 bits per heavy atom. The van der Waals surface area contributed by atoms with Gasteiger partial charge in [0, 0.05) is 46.5 Å². The number of benzene rings is 3. The zero-order valence-corrected chi connectivity index (χ0v) is 34.9. The van der Waals surface area contributed by atoms with Crippen LogP contribution in [0.1, 0.15) is 46.5 Å². The SMILES string of the molecule is C=CC1CC1(NC(=O)[C@@H]1CC(Oc2cc(-c3ccccc3)nc3cc(OC)ccc23)CN1C(=O)[C@@H](OC(=O)Nc1ccc(OC)cc1)C(C)(C)C)C(=O)NS(=O)(=O)C1CC1. The summed E-state index contributed by atoms with van der Waals surface area (Å²) in [6.45, 7) is 8.89. The summed E-state index contributed by atoms with van der Waals surface area (Å²) >= 11 is 0. The van der Waals surface area contributed by atoms with Crippen LogP contribution in [-0.2, 0) is 29.1 Å². The number of hydrogen-bond donors (Lipinski definition) is 3. The lowest BCUT2D eigenvalue weighted by atomic mass is 9.88. The molecule has 3 aromatic carbocycles. The number of nitrogens with zero attached hydrogens (tertiary/aromatic N) is 2. The van der Waals surface area contributed by atoms with Gasteiger partial charge in [-0.05, 0) is 55.7 Å². The Bertz CT molecular complexity index is 2420. The Kier molecular flexibility index (Phi) is 11.5. The van der Waals surface area contributed by atoms with Gasteiger partial charge >= 0.3 is 6.09 Å². The zero-order chi connectivity index (χ0) is 43.0. The maximum Gasteiger partial charge on any atom is 0.412 e. The van der Waals surface area contributed by atoms with Gasteiger partial charge in [-0.2, -0.15) is 0 Å². The standard InChI is InChI=1S/C44H49N5O10S/c1-7-27-24-44(27,41(52)48-60(54,55)32-18-19-32)47-39(50)36-22-31(58-37-23-34(26-11-9-8-10-12-26)46-35-21-30(57-6)17-20-33(35)37)25-49(36)40(51)38(43(2,3)4)59-42(53)45-28-13-15-29(56-5)16-14-28/h7-17,20-21,23,27,31-32,36,38H,1,18-19,22,24-25H2,2-6H3,(H,45,53)(H,47,50)(H,48,52)/t27?,31?,36-,38+,44?/m0/s1. The van der Waals surface area contributed by atoms with Crippen LogP contribution < -0.4 is 29.6 Å². The van der Waals surface area contributed by atoms with Crippen LogP contribution in [0.4, 0.5) is 10.5 Å². The zero-order valence-electron chi connectivity index (χ0n) is 34.1. The summed E-state index contributed by atoms with van der Waals surface area (Å²) in [5.74, 6) is -1.19. The predicted octanol–water partition coefficient (Wildman–Crippen LogP) is 5.60. The van der Waals surface area contributed by atoms with Gasteiger partial charge in [0.1, 0.15) is 34.9 Å². The van der Waals surface area contributed by atoms with Gasteiger partial charge in [0.2, 0.25) is 15.9 Å². The molecule has 1 saturated heterocycles. The maximum absolute atomic E-state index is 14.8. The van der Waals surface area contributed by atoms with Crippen LogP contribution in [-0.4, -0.2) is 91.9 Å². The van der Waals surface area contributed by atoms with Crippen molar-refractivity contribution >= 4 is 50.4 Å². The first-order valence-corrected chi connectivity index (χ1v) is 21.2. The summed E-state index contributed by atoms with van der Waals surface area (Å²) in [4.78, 5) is 62.4. The second kappa shape index (κ2) is 16.5. The lowest BCUT2D eigenvalue weighted by Crippen LogP contribution is -2.58. The smallest absolute Gasteiger partial charge is 0.412 e. The van der Waals surface area contributed by atoms with Crippen LogP contribution in [0.25, 0.3) is 22.2 Å². The Labute approximate surface area is 348 Å². The van der Waals surface area contributed by atoms with E-state index in [0.717, 1.165) is 5.56 Å². The Hall–Kier alpha value is -6.16. The molecule has 0 bridgehead atoms. The molecular formula is C44H49N5O10S. The number of likely N-dealkylation sites (tertiary alicyclic amines) is 1. The number of sulfonamides is 1. The summed E-state index contributed by atoms with van der Waals surface area (Å²) in [7, 11) is -0.857. The van der Waals surface area contributed by atoms with Gasteiger partial charge in [0.25, 0.3) is 11.8 Å². The molecule has 15 nitrogen and oxygen atoms in total. The summed E-state index contributed by atoms with van der Waals surface area (Å²) in [5.41, 5.74) is -0.112. The second-order valence-electron chi connectivity index (χ2n) is 16.4. The molecule has 1 aromatic heterocycles. The van der Waals surface area contributed by atoms with Crippen LogP contribution in [0.15, 0.2) is 91.5 Å². The van der Waals surface area contributed by atoms with Gasteiger partial charge < -0.3 is 29.2 Å². The molecule has 3 fully saturated rings. The molecule has 16 heteroatoms. The summed E-state index contributed by atoms with van der Waals surface area (Å²) in [6, 6.07) is 22.0. The van der Waals surface area contributed by atoms with Crippen LogP contribution in [0.2, 0.25) is 0 Å². The molecule has 2 heterocycles. The molecule has 2 aliphatic carbocycles. The molecule has 4 aromatic rings. The van der Waals surface area contributed by atoms with Crippen LogP contribution in [0, 0.1) is 11.3 Å². The number of aromatic nitrogens is 1. The number of carbonyl (C=O) groups excluding carboxylic acids is 4. The van der Waals surface area contributed by atoms with E-state index in [4.69, 9.17) is 23.9 Å². The molecule has 1 aliphatic heterocycles. The number of carbonyl (C=O) groups is 4. The fraction of sp³-hybridized carbons (Fsp3) is 0.386. The molecule has 0 spiro atoms. The van der Waals surface area contributed by atoms with Crippen molar-refractivity contribution in [1.29, 1.82) is 0 Å². The number of amides is 4. The molecule has 2 saturated carbocycles. The minimum Gasteiger partial charge on any atom is -0.497 e. The molecule has 7 rings (SSSR count). The third-order valence-corrected chi connectivity index (χ3v) is 12.8. The lowest BCUT2D eigenvalue weighted by molar-refractivity contribution is -0.150. The first kappa shape index (κ1) is 42.0. The minimum absolute atomic E-state index is 0.0239. The third-order valence-electron chi connectivity index (χ3n) is 11.0. The van der Waals surface area contributed by atoms with E-state index in [2.05, 4.69) is 21.9 Å². The molecule has 3 aliphatic rings. The quantitative estimate of drug-likeness (QED) is 0.134. The molecule has 316 valence electrons. The van der Waals surface area contributed by atoms with Crippen LogP contribution in [0.5, 0.6) is 17.2 Å². The molecular weight excluding hydrogens is 791 g/mol. The molecule has 4 amide bonds. The van der Waals surface area contributed by atoms with E-state index in [1.807, 2.05) is 36.4 Å². The van der Waals surface area contributed by atoms with Crippen LogP contribution >= 0.6 is 0 Å². The van der Waals surface area contributed by atoms with Gasteiger partial charge in [-0.1, -0.05) is 57.2 Å². The topological polar surface area (TPSA) is 192 Å². The normalized spacial score (nSPS) is 21.6. The molecule has 3 unspecified atom stereocenters. The highest BCUT2D eigenvalue weighted by Gasteiger charge is 2.62. The van der Waals surface area contributed by atoms with Gasteiger partial charge in [0.15, 0.2) is 6.10 Å². The first-order chi connectivity index (χ1) is 28.5. The third kappa shape index (κ3) is 8.88. The molecule has 0 radical (unpaired) electrons. The Balaban J connectivity index is 1.20. The van der Waals surface area contributed by atoms with E-state index in [1.54, 1.807) is 70.3 Å². The largest absolute Gasteiger partial charge is 0.497 e. The molecule has 3 N–H and O–H groups in total. The highest BCUT2D eigenvalue weighted by atomic mass is 32.2. The number of fused-ring (bicyclic) bond motifs is 1. The Morgan fingerprint density at radius 1 is 0.950 bits per heavy atom. The van der Waals surface area contributed by atoms with E-state index in [9.17, 15) is 27.6 Å². The fourth-order valence-electron chi connectivity index (χ4n) is 7.41. The Morgan fingerprint density at radius 3 is 2.25 bits per heavy atom. The molecule has 5 atom stereocenters. The van der Waals surface area contributed by atoms with Crippen molar-refractivity contribution in [2.75, 3.05) is 26.1 Å². The predicted molar refractivity (Wildman–Crippen MR) is 224 cm³/mol. The summed E-state index contributed by atoms with van der Waals surface area (Å²) in [6.07, 6.45) is -0.590. The van der Waals surface area contributed by atoms with Crippen molar-refractivity contribution in [3.8, 4) is 28.5 Å². The van der Waals surface area contributed by atoms with Crippen molar-refractivity contribution in [3.63, 3.8) is 0 Å². The van der Waals surface area contributed by atoms with E-state index in [0.29, 0.717) is 52.4 Å². The van der Waals surface area contributed by atoms with Crippen LogP contribution in [0.3, 0.4) is 0 Å². The summed E-state index contributed by atoms with van der Waals surface area (Å²) in [5, 5.41) is 5.44.